The van der Waals surface area contributed by atoms with Gasteiger partial charge in [0.2, 0.25) is 5.91 Å². The number of carbonyl (C=O) groups is 2. The predicted molar refractivity (Wildman–Crippen MR) is 91.4 cm³/mol. The molecule has 0 bridgehead atoms. The summed E-state index contributed by atoms with van der Waals surface area (Å²) in [4.78, 5) is 26.6. The monoisotopic (exact) mass is 337 g/mol. The van der Waals surface area contributed by atoms with E-state index < -0.39 is 12.0 Å². The van der Waals surface area contributed by atoms with Gasteiger partial charge in [-0.2, -0.15) is 0 Å². The van der Waals surface area contributed by atoms with Crippen LogP contribution in [0.2, 0.25) is 0 Å². The molecule has 2 heterocycles. The van der Waals surface area contributed by atoms with Crippen LogP contribution in [0.4, 0.5) is 0 Å². The average Bonchev–Trinajstić information content (AvgIpc) is 2.66. The van der Waals surface area contributed by atoms with E-state index >= 15 is 0 Å². The maximum Gasteiger partial charge on any atom is 0.326 e. The molecule has 1 N–H and O–H groups in total. The number of fused-ring (bicyclic) bond motifs is 2. The molecule has 0 aromatic heterocycles. The summed E-state index contributed by atoms with van der Waals surface area (Å²) >= 11 is 0. The highest BCUT2D eigenvalue weighted by Crippen LogP contribution is 2.36. The minimum absolute atomic E-state index is 0.127. The van der Waals surface area contributed by atoms with Crippen molar-refractivity contribution < 1.29 is 19.4 Å². The topological polar surface area (TPSA) is 66.8 Å². The molecular weight excluding hydrogens is 318 g/mol. The SMILES string of the molecule is O=C(O)[C@H]1Cc2ccccc2CN1C(=O)[C@@H]1CCOc2ccccc21. The van der Waals surface area contributed by atoms with Crippen molar-refractivity contribution >= 4 is 11.9 Å². The van der Waals surface area contributed by atoms with E-state index in [-0.39, 0.29) is 11.8 Å². The molecule has 4 rings (SSSR count). The predicted octanol–water partition coefficient (Wildman–Crippen LogP) is 2.59. The van der Waals surface area contributed by atoms with Gasteiger partial charge in [-0.1, -0.05) is 42.5 Å². The highest BCUT2D eigenvalue weighted by atomic mass is 16.5. The molecule has 128 valence electrons. The second kappa shape index (κ2) is 6.24. The Bertz CT molecular complexity index is 832. The first-order chi connectivity index (χ1) is 12.1. The molecule has 5 heteroatoms. The fourth-order valence-corrected chi connectivity index (χ4v) is 3.77. The quantitative estimate of drug-likeness (QED) is 0.915. The second-order valence-corrected chi connectivity index (χ2v) is 6.52. The fraction of sp³-hybridized carbons (Fsp3) is 0.300. The lowest BCUT2D eigenvalue weighted by molar-refractivity contribution is -0.152. The Morgan fingerprint density at radius 3 is 2.56 bits per heavy atom. The number of amides is 1. The zero-order chi connectivity index (χ0) is 17.4. The molecule has 25 heavy (non-hydrogen) atoms. The molecule has 2 aliphatic heterocycles. The number of carbonyl (C=O) groups excluding carboxylic acids is 1. The molecule has 0 spiro atoms. The van der Waals surface area contributed by atoms with E-state index in [1.807, 2.05) is 48.5 Å². The number of nitrogens with zero attached hydrogens (tertiary/aromatic N) is 1. The molecule has 0 saturated heterocycles. The van der Waals surface area contributed by atoms with Crippen molar-refractivity contribution in [2.75, 3.05) is 6.61 Å². The number of para-hydroxylation sites is 1. The molecule has 0 aliphatic carbocycles. The Hall–Kier alpha value is -2.82. The van der Waals surface area contributed by atoms with Gasteiger partial charge in [0.1, 0.15) is 11.8 Å². The third-order valence-electron chi connectivity index (χ3n) is 5.07. The summed E-state index contributed by atoms with van der Waals surface area (Å²) in [6, 6.07) is 14.4. The fourth-order valence-electron chi connectivity index (χ4n) is 3.77. The lowest BCUT2D eigenvalue weighted by Crippen LogP contribution is -2.50. The molecule has 0 saturated carbocycles. The van der Waals surface area contributed by atoms with Gasteiger partial charge >= 0.3 is 5.97 Å². The first kappa shape index (κ1) is 15.7. The molecule has 2 aromatic carbocycles. The largest absolute Gasteiger partial charge is 0.493 e. The lowest BCUT2D eigenvalue weighted by Gasteiger charge is -2.37. The number of hydrogen-bond donors (Lipinski definition) is 1. The average molecular weight is 337 g/mol. The van der Waals surface area contributed by atoms with Gasteiger partial charge in [0.05, 0.1) is 12.5 Å². The number of benzene rings is 2. The van der Waals surface area contributed by atoms with Crippen LogP contribution >= 0.6 is 0 Å². The second-order valence-electron chi connectivity index (χ2n) is 6.52. The number of aliphatic carboxylic acids is 1. The van der Waals surface area contributed by atoms with E-state index in [0.717, 1.165) is 22.4 Å². The molecule has 2 aromatic rings. The summed E-state index contributed by atoms with van der Waals surface area (Å²) in [5.41, 5.74) is 2.88. The Kier molecular flexibility index (Phi) is 3.92. The van der Waals surface area contributed by atoms with Crippen LogP contribution in [0, 0.1) is 0 Å². The van der Waals surface area contributed by atoms with E-state index in [1.54, 1.807) is 0 Å². The maximum absolute atomic E-state index is 13.2. The Morgan fingerprint density at radius 1 is 1.04 bits per heavy atom. The number of rotatable bonds is 2. The third-order valence-corrected chi connectivity index (χ3v) is 5.07. The molecule has 2 aliphatic rings. The van der Waals surface area contributed by atoms with Gasteiger partial charge in [-0.3, -0.25) is 4.79 Å². The van der Waals surface area contributed by atoms with Crippen LogP contribution < -0.4 is 4.74 Å². The van der Waals surface area contributed by atoms with Gasteiger partial charge in [0, 0.05) is 18.5 Å². The first-order valence-electron chi connectivity index (χ1n) is 8.47. The summed E-state index contributed by atoms with van der Waals surface area (Å²) in [7, 11) is 0. The van der Waals surface area contributed by atoms with Crippen molar-refractivity contribution in [3.8, 4) is 5.75 Å². The van der Waals surface area contributed by atoms with Crippen LogP contribution in [0.1, 0.15) is 29.0 Å². The molecule has 0 radical (unpaired) electrons. The lowest BCUT2D eigenvalue weighted by atomic mass is 9.88. The normalized spacial score (nSPS) is 21.7. The minimum Gasteiger partial charge on any atom is -0.493 e. The van der Waals surface area contributed by atoms with Crippen LogP contribution in [-0.2, 0) is 22.6 Å². The van der Waals surface area contributed by atoms with Crippen LogP contribution in [0.5, 0.6) is 5.75 Å². The number of carboxylic acids is 1. The van der Waals surface area contributed by atoms with Crippen molar-refractivity contribution in [1.29, 1.82) is 0 Å². The van der Waals surface area contributed by atoms with Gasteiger partial charge in [-0.25, -0.2) is 4.79 Å². The number of hydrogen-bond acceptors (Lipinski definition) is 3. The number of ether oxygens (including phenoxy) is 1. The maximum atomic E-state index is 13.2. The summed E-state index contributed by atoms with van der Waals surface area (Å²) in [6.45, 7) is 0.807. The first-order valence-corrected chi connectivity index (χ1v) is 8.47. The van der Waals surface area contributed by atoms with Gasteiger partial charge in [-0.05, 0) is 23.6 Å². The van der Waals surface area contributed by atoms with Crippen molar-refractivity contribution in [3.63, 3.8) is 0 Å². The van der Waals surface area contributed by atoms with E-state index in [9.17, 15) is 14.7 Å². The van der Waals surface area contributed by atoms with Crippen LogP contribution in [0.25, 0.3) is 0 Å². The van der Waals surface area contributed by atoms with E-state index in [1.165, 1.54) is 4.90 Å². The molecular formula is C20H19NO4. The summed E-state index contributed by atoms with van der Waals surface area (Å²) in [6.07, 6.45) is 0.919. The van der Waals surface area contributed by atoms with E-state index in [4.69, 9.17) is 4.74 Å². The molecule has 2 atom stereocenters. The highest BCUT2D eigenvalue weighted by Gasteiger charge is 2.39. The zero-order valence-electron chi connectivity index (χ0n) is 13.7. The van der Waals surface area contributed by atoms with Crippen LogP contribution in [-0.4, -0.2) is 34.5 Å². The highest BCUT2D eigenvalue weighted by molar-refractivity contribution is 5.89. The standard InChI is InChI=1S/C20H19NO4/c22-19(16-9-10-25-18-8-4-3-7-15(16)18)21-12-14-6-2-1-5-13(14)11-17(21)20(23)24/h1-8,16-17H,9-12H2,(H,23,24)/t16-,17-/m1/s1. The van der Waals surface area contributed by atoms with Crippen molar-refractivity contribution in [2.45, 2.75) is 31.3 Å². The summed E-state index contributed by atoms with van der Waals surface area (Å²) < 4.78 is 5.63. The van der Waals surface area contributed by atoms with Gasteiger partial charge in [0.15, 0.2) is 0 Å². The molecule has 0 unspecified atom stereocenters. The third kappa shape index (κ3) is 2.76. The van der Waals surface area contributed by atoms with Crippen molar-refractivity contribution in [1.82, 2.24) is 4.90 Å². The van der Waals surface area contributed by atoms with Crippen LogP contribution in [0.15, 0.2) is 48.5 Å². The summed E-state index contributed by atoms with van der Waals surface area (Å²) in [5.74, 6) is -0.714. The van der Waals surface area contributed by atoms with E-state index in [0.29, 0.717) is 26.0 Å². The smallest absolute Gasteiger partial charge is 0.326 e. The van der Waals surface area contributed by atoms with Crippen LogP contribution in [0.3, 0.4) is 0 Å². The Balaban J connectivity index is 1.68. The Morgan fingerprint density at radius 2 is 1.76 bits per heavy atom. The van der Waals surface area contributed by atoms with Gasteiger partial charge in [0.25, 0.3) is 0 Å². The minimum atomic E-state index is -0.955. The molecule has 5 nitrogen and oxygen atoms in total. The van der Waals surface area contributed by atoms with Crippen molar-refractivity contribution in [3.05, 3.63) is 65.2 Å². The Labute approximate surface area is 145 Å². The molecule has 1 amide bonds. The van der Waals surface area contributed by atoms with Crippen molar-refractivity contribution in [2.24, 2.45) is 0 Å². The van der Waals surface area contributed by atoms with E-state index in [2.05, 4.69) is 0 Å². The van der Waals surface area contributed by atoms with Gasteiger partial charge < -0.3 is 14.7 Å². The summed E-state index contributed by atoms with van der Waals surface area (Å²) in [5, 5.41) is 9.66. The number of carboxylic acid groups (broad SMARTS) is 1. The molecule has 0 fully saturated rings. The van der Waals surface area contributed by atoms with Gasteiger partial charge in [-0.15, -0.1) is 0 Å². The zero-order valence-corrected chi connectivity index (χ0v) is 13.7.